The van der Waals surface area contributed by atoms with E-state index >= 15 is 0 Å². The molecule has 0 atom stereocenters. The smallest absolute Gasteiger partial charge is 0.00979 e. The highest BCUT2D eigenvalue weighted by Crippen LogP contribution is 2.10. The Morgan fingerprint density at radius 2 is 0.933 bits per heavy atom. The lowest BCUT2D eigenvalue weighted by atomic mass is 10.1. The van der Waals surface area contributed by atoms with Crippen LogP contribution in [0.25, 0.3) is 0 Å². The minimum absolute atomic E-state index is 0. The summed E-state index contributed by atoms with van der Waals surface area (Å²) in [6.45, 7) is 2.28. The third-order valence-corrected chi connectivity index (χ3v) is 2.83. The van der Waals surface area contributed by atoms with E-state index in [0.29, 0.717) is 0 Å². The first-order chi connectivity index (χ1) is 6.41. The lowest BCUT2D eigenvalue weighted by Crippen LogP contribution is -1.81. The van der Waals surface area contributed by atoms with Gasteiger partial charge in [0, 0.05) is 0 Å². The van der Waals surface area contributed by atoms with Crippen molar-refractivity contribution < 1.29 is 0 Å². The number of unbranched alkanes of at least 4 members (excludes halogenated alkanes) is 9. The van der Waals surface area contributed by atoms with Crippen molar-refractivity contribution in [2.24, 2.45) is 0 Å². The first kappa shape index (κ1) is 21.3. The highest BCUT2D eigenvalue weighted by atomic mass is 32.1. The molecule has 0 amide bonds. The summed E-state index contributed by atoms with van der Waals surface area (Å²) in [4.78, 5) is 0. The van der Waals surface area contributed by atoms with Gasteiger partial charge in [0.05, 0.1) is 0 Å². The second-order valence-electron chi connectivity index (χ2n) is 3.91. The second-order valence-corrected chi connectivity index (χ2v) is 4.35. The van der Waals surface area contributed by atoms with E-state index in [9.17, 15) is 0 Å². The number of hydrogen-bond donors (Lipinski definition) is 1. The van der Waals surface area contributed by atoms with Crippen molar-refractivity contribution in [2.75, 3.05) is 5.75 Å². The largest absolute Gasteiger partial charge is 0.197 e. The molecule has 0 spiro atoms. The first-order valence-electron chi connectivity index (χ1n) is 6.02. The molecule has 0 N–H and O–H groups in total. The van der Waals surface area contributed by atoms with Gasteiger partial charge in [-0.3, -0.25) is 0 Å². The fourth-order valence-corrected chi connectivity index (χ4v) is 1.82. The van der Waals surface area contributed by atoms with E-state index < -0.39 is 0 Å². The van der Waals surface area contributed by atoms with Gasteiger partial charge >= 0.3 is 0 Å². The summed E-state index contributed by atoms with van der Waals surface area (Å²) in [5.41, 5.74) is 0. The van der Waals surface area contributed by atoms with Crippen LogP contribution in [0.2, 0.25) is 0 Å². The Morgan fingerprint density at radius 3 is 1.27 bits per heavy atom. The zero-order chi connectivity index (χ0) is 9.78. The average molecular weight is 271 g/mol. The first-order valence-corrected chi connectivity index (χ1v) is 6.66. The van der Waals surface area contributed by atoms with Crippen LogP contribution in [0.1, 0.15) is 71.1 Å². The molecule has 0 aliphatic carbocycles. The van der Waals surface area contributed by atoms with Crippen LogP contribution in [0.3, 0.4) is 0 Å². The highest BCUT2D eigenvalue weighted by molar-refractivity contribution is 7.80. The summed E-state index contributed by atoms with van der Waals surface area (Å²) < 4.78 is 0. The maximum absolute atomic E-state index is 4.20. The summed E-state index contributed by atoms with van der Waals surface area (Å²) in [7, 11) is 0. The summed E-state index contributed by atoms with van der Waals surface area (Å²) in [5, 5.41) is 0. The lowest BCUT2D eigenvalue weighted by molar-refractivity contribution is 0.563. The second kappa shape index (κ2) is 20.5. The van der Waals surface area contributed by atoms with Gasteiger partial charge in [-0.2, -0.15) is 39.6 Å². The molecule has 0 aliphatic rings. The average Bonchev–Trinajstić information content (AvgIpc) is 2.16. The quantitative estimate of drug-likeness (QED) is 0.416. The Morgan fingerprint density at radius 1 is 0.600 bits per heavy atom. The summed E-state index contributed by atoms with van der Waals surface area (Å²) in [6.07, 6.45) is 14.2. The van der Waals surface area contributed by atoms with E-state index in [0.717, 1.165) is 5.75 Å². The number of rotatable bonds is 10. The predicted octanol–water partition coefficient (Wildman–Crippen LogP) is 5.06. The van der Waals surface area contributed by atoms with Crippen molar-refractivity contribution in [3.63, 3.8) is 0 Å². The van der Waals surface area contributed by atoms with Gasteiger partial charge in [0.2, 0.25) is 0 Å². The number of hydrogen-bond acceptors (Lipinski definition) is 1. The van der Waals surface area contributed by atoms with Crippen LogP contribution >= 0.6 is 39.6 Å². The molecule has 0 saturated heterocycles. The summed E-state index contributed by atoms with van der Waals surface area (Å²) in [5.74, 6) is 1.07. The third-order valence-electron chi connectivity index (χ3n) is 2.51. The van der Waals surface area contributed by atoms with Crippen molar-refractivity contribution in [1.29, 1.82) is 0 Å². The van der Waals surface area contributed by atoms with Gasteiger partial charge in [-0.05, 0) is 12.2 Å². The molecule has 0 nitrogen and oxygen atoms in total. The Balaban J connectivity index is -0.000000720. The molecule has 0 saturated carbocycles. The Labute approximate surface area is 116 Å². The van der Waals surface area contributed by atoms with Crippen LogP contribution in [0.5, 0.6) is 0 Å². The zero-order valence-corrected chi connectivity index (χ0v) is 13.1. The van der Waals surface area contributed by atoms with Gasteiger partial charge in [-0.15, -0.1) is 0 Å². The Bertz CT molecular complexity index is 76.9. The van der Waals surface area contributed by atoms with E-state index in [1.54, 1.807) is 0 Å². The molecule has 0 rings (SSSR count). The van der Waals surface area contributed by atoms with Crippen LogP contribution in [-0.4, -0.2) is 5.75 Å². The lowest BCUT2D eigenvalue weighted by Gasteiger charge is -2.00. The maximum Gasteiger partial charge on any atom is -0.00979 e. The molecule has 0 fully saturated rings. The molecule has 0 unspecified atom stereocenters. The van der Waals surface area contributed by atoms with Crippen molar-refractivity contribution in [3.8, 4) is 0 Å². The van der Waals surface area contributed by atoms with Gasteiger partial charge in [0.15, 0.2) is 0 Å². The molecule has 0 aliphatic heterocycles. The van der Waals surface area contributed by atoms with Crippen LogP contribution in [0, 0.1) is 0 Å². The summed E-state index contributed by atoms with van der Waals surface area (Å²) >= 11 is 4.20. The van der Waals surface area contributed by atoms with E-state index in [4.69, 9.17) is 0 Å². The minimum atomic E-state index is 0. The minimum Gasteiger partial charge on any atom is -0.197 e. The maximum atomic E-state index is 4.20. The molecule has 0 aromatic rings. The molecule has 0 radical (unpaired) electrons. The molecule has 0 aromatic heterocycles. The fraction of sp³-hybridized carbons (Fsp3) is 1.00. The molecule has 0 aromatic carbocycles. The molecule has 0 bridgehead atoms. The van der Waals surface area contributed by atoms with Gasteiger partial charge in [0.25, 0.3) is 0 Å². The van der Waals surface area contributed by atoms with Crippen LogP contribution < -0.4 is 0 Å². The van der Waals surface area contributed by atoms with Gasteiger partial charge in [-0.1, -0.05) is 64.7 Å². The van der Waals surface area contributed by atoms with Crippen molar-refractivity contribution >= 4 is 39.6 Å². The van der Waals surface area contributed by atoms with E-state index in [1.807, 2.05) is 0 Å². The normalized spacial score (nSPS) is 9.20. The Hall–Kier alpha value is 1.05. The van der Waals surface area contributed by atoms with Gasteiger partial charge in [0.1, 0.15) is 0 Å². The molecular formula is C12H30S3. The Kier molecular flexibility index (Phi) is 29.1. The monoisotopic (exact) mass is 270 g/mol. The van der Waals surface area contributed by atoms with Crippen molar-refractivity contribution in [1.82, 2.24) is 0 Å². The third kappa shape index (κ3) is 21.0. The molecule has 0 heterocycles. The van der Waals surface area contributed by atoms with E-state index in [2.05, 4.69) is 19.6 Å². The predicted molar refractivity (Wildman–Crippen MR) is 86.5 cm³/mol. The highest BCUT2D eigenvalue weighted by Gasteiger charge is 1.91. The van der Waals surface area contributed by atoms with Crippen LogP contribution in [0.15, 0.2) is 0 Å². The molecule has 96 valence electrons. The molecular weight excluding hydrogens is 240 g/mol. The van der Waals surface area contributed by atoms with E-state index in [1.165, 1.54) is 64.2 Å². The topological polar surface area (TPSA) is 0 Å². The van der Waals surface area contributed by atoms with Gasteiger partial charge in [-0.25, -0.2) is 0 Å². The zero-order valence-electron chi connectivity index (χ0n) is 10.2. The van der Waals surface area contributed by atoms with Gasteiger partial charge < -0.3 is 0 Å². The van der Waals surface area contributed by atoms with Crippen LogP contribution in [-0.2, 0) is 0 Å². The fourth-order valence-electron chi connectivity index (χ4n) is 1.60. The SMILES string of the molecule is CCCCCCCCCCCCS.S.S. The van der Waals surface area contributed by atoms with Crippen molar-refractivity contribution in [2.45, 2.75) is 71.1 Å². The summed E-state index contributed by atoms with van der Waals surface area (Å²) in [6, 6.07) is 0. The van der Waals surface area contributed by atoms with Crippen LogP contribution in [0.4, 0.5) is 0 Å². The standard InChI is InChI=1S/C12H26S.2H2S/c1-2-3-4-5-6-7-8-9-10-11-12-13;;/h13H,2-12H2,1H3;2*1H2. The molecule has 3 heteroatoms. The van der Waals surface area contributed by atoms with E-state index in [-0.39, 0.29) is 27.0 Å². The van der Waals surface area contributed by atoms with Crippen molar-refractivity contribution in [3.05, 3.63) is 0 Å². The number of thiol groups is 1. The molecule has 15 heavy (non-hydrogen) atoms.